The Morgan fingerprint density at radius 2 is 2.06 bits per heavy atom. The first-order valence-electron chi connectivity index (χ1n) is 5.35. The maximum absolute atomic E-state index is 9.59. The average molecular weight is 276 g/mol. The third kappa shape index (κ3) is 2.78. The maximum Gasteiger partial charge on any atom is 0.233 e. The molecule has 2 heterocycles. The smallest absolute Gasteiger partial charge is 0.233 e. The van der Waals surface area contributed by atoms with Crippen LogP contribution in [0.5, 0.6) is 0 Å². The van der Waals surface area contributed by atoms with Crippen molar-refractivity contribution in [3.05, 3.63) is 5.28 Å². The van der Waals surface area contributed by atoms with E-state index in [2.05, 4.69) is 15.0 Å². The molecule has 100 valence electrons. The summed E-state index contributed by atoms with van der Waals surface area (Å²) in [6.45, 7) is 0.0461. The third-order valence-corrected chi connectivity index (χ3v) is 2.88. The van der Waals surface area contributed by atoms with Crippen molar-refractivity contribution >= 4 is 23.5 Å². The van der Waals surface area contributed by atoms with Crippen LogP contribution in [-0.2, 0) is 4.74 Å². The molecule has 0 unspecified atom stereocenters. The van der Waals surface area contributed by atoms with Gasteiger partial charge in [0.1, 0.15) is 12.3 Å². The lowest BCUT2D eigenvalue weighted by atomic mass is 10.1. The van der Waals surface area contributed by atoms with Gasteiger partial charge in [-0.05, 0) is 11.6 Å². The first-order chi connectivity index (χ1) is 8.47. The molecule has 8 nitrogen and oxygen atoms in total. The highest BCUT2D eigenvalue weighted by atomic mass is 35.5. The largest absolute Gasteiger partial charge is 0.390 e. The molecule has 1 aromatic rings. The summed E-state index contributed by atoms with van der Waals surface area (Å²) in [5, 5.41) is 18.9. The van der Waals surface area contributed by atoms with Gasteiger partial charge in [-0.2, -0.15) is 15.0 Å². The van der Waals surface area contributed by atoms with Crippen LogP contribution < -0.4 is 10.6 Å². The third-order valence-electron chi connectivity index (χ3n) is 2.71. The number of anilines is 2. The number of halogens is 1. The molecule has 1 aromatic heterocycles. The second-order valence-corrected chi connectivity index (χ2v) is 4.37. The fourth-order valence-electron chi connectivity index (χ4n) is 1.66. The molecular formula is C9H14ClN5O3. The lowest BCUT2D eigenvalue weighted by molar-refractivity contribution is -0.120. The van der Waals surface area contributed by atoms with Crippen molar-refractivity contribution in [3.8, 4) is 0 Å². The minimum Gasteiger partial charge on any atom is -0.390 e. The van der Waals surface area contributed by atoms with Crippen LogP contribution >= 0.6 is 11.6 Å². The number of aromatic nitrogens is 3. The molecule has 0 aromatic carbocycles. The molecular weight excluding hydrogens is 262 g/mol. The fourth-order valence-corrected chi connectivity index (χ4v) is 1.83. The molecule has 1 aliphatic rings. The number of aliphatic hydroxyl groups is 2. The monoisotopic (exact) mass is 275 g/mol. The van der Waals surface area contributed by atoms with E-state index in [0.717, 1.165) is 0 Å². The van der Waals surface area contributed by atoms with Gasteiger partial charge in [0.25, 0.3) is 0 Å². The number of rotatable bonds is 2. The van der Waals surface area contributed by atoms with E-state index < -0.39 is 18.4 Å². The Hall–Kier alpha value is -1.22. The number of nitrogen functional groups attached to an aromatic ring is 1. The van der Waals surface area contributed by atoms with Crippen LogP contribution in [0.2, 0.25) is 5.28 Å². The summed E-state index contributed by atoms with van der Waals surface area (Å²) in [4.78, 5) is 13.1. The Morgan fingerprint density at radius 3 is 2.67 bits per heavy atom. The zero-order chi connectivity index (χ0) is 13.3. The molecule has 0 saturated carbocycles. The van der Waals surface area contributed by atoms with Gasteiger partial charge in [-0.25, -0.2) is 0 Å². The number of nitrogens with two attached hydrogens (primary N) is 1. The zero-order valence-corrected chi connectivity index (χ0v) is 10.4. The van der Waals surface area contributed by atoms with Gasteiger partial charge in [0.05, 0.1) is 12.7 Å². The summed E-state index contributed by atoms with van der Waals surface area (Å²) < 4.78 is 5.39. The van der Waals surface area contributed by atoms with Crippen LogP contribution in [0.3, 0.4) is 0 Å². The predicted octanol–water partition coefficient (Wildman–Crippen LogP) is -0.988. The highest BCUT2D eigenvalue weighted by molar-refractivity contribution is 6.28. The van der Waals surface area contributed by atoms with Gasteiger partial charge >= 0.3 is 0 Å². The molecule has 0 radical (unpaired) electrons. The average Bonchev–Trinajstić information content (AvgIpc) is 2.30. The summed E-state index contributed by atoms with van der Waals surface area (Å²) in [6, 6.07) is 0. The number of hydrogen-bond acceptors (Lipinski definition) is 8. The maximum atomic E-state index is 9.59. The lowest BCUT2D eigenvalue weighted by Gasteiger charge is -2.35. The summed E-state index contributed by atoms with van der Waals surface area (Å²) in [5.41, 5.74) is 5.47. The van der Waals surface area contributed by atoms with Crippen LogP contribution in [0, 0.1) is 0 Å². The number of aliphatic hydroxyl groups excluding tert-OH is 2. The molecule has 1 saturated heterocycles. The summed E-state index contributed by atoms with van der Waals surface area (Å²) in [7, 11) is 1.68. The molecule has 0 aliphatic carbocycles. The molecule has 0 bridgehead atoms. The summed E-state index contributed by atoms with van der Waals surface area (Å²) in [5.74, 6) is 0.259. The van der Waals surface area contributed by atoms with E-state index in [1.165, 1.54) is 0 Å². The van der Waals surface area contributed by atoms with Gasteiger partial charge < -0.3 is 25.6 Å². The molecule has 4 N–H and O–H groups in total. The van der Waals surface area contributed by atoms with Crippen molar-refractivity contribution in [1.82, 2.24) is 15.0 Å². The van der Waals surface area contributed by atoms with E-state index >= 15 is 0 Å². The SMILES string of the molecule is CN(c1nc(N)nc(Cl)n1)[C@H]1C[C@H](O)[C@H](O)CO1. The van der Waals surface area contributed by atoms with Crippen LogP contribution in [0.1, 0.15) is 6.42 Å². The molecule has 18 heavy (non-hydrogen) atoms. The summed E-state index contributed by atoms with van der Waals surface area (Å²) >= 11 is 5.69. The van der Waals surface area contributed by atoms with E-state index in [1.54, 1.807) is 11.9 Å². The first kappa shape index (κ1) is 13.2. The first-order valence-corrected chi connectivity index (χ1v) is 5.73. The van der Waals surface area contributed by atoms with Crippen LogP contribution in [0.25, 0.3) is 0 Å². The Morgan fingerprint density at radius 1 is 1.33 bits per heavy atom. The number of nitrogens with zero attached hydrogens (tertiary/aromatic N) is 4. The highest BCUT2D eigenvalue weighted by Gasteiger charge is 2.31. The number of hydrogen-bond donors (Lipinski definition) is 3. The van der Waals surface area contributed by atoms with Crippen molar-refractivity contribution in [2.75, 3.05) is 24.3 Å². The van der Waals surface area contributed by atoms with Gasteiger partial charge in [-0.15, -0.1) is 0 Å². The van der Waals surface area contributed by atoms with Crippen LogP contribution in [0.4, 0.5) is 11.9 Å². The molecule has 0 spiro atoms. The van der Waals surface area contributed by atoms with Gasteiger partial charge in [-0.1, -0.05) is 0 Å². The van der Waals surface area contributed by atoms with Crippen LogP contribution in [0.15, 0.2) is 0 Å². The second kappa shape index (κ2) is 5.19. The van der Waals surface area contributed by atoms with Crippen molar-refractivity contribution in [2.24, 2.45) is 0 Å². The van der Waals surface area contributed by atoms with E-state index in [9.17, 15) is 10.2 Å². The minimum absolute atomic E-state index is 0.00763. The Bertz CT molecular complexity index is 414. The lowest BCUT2D eigenvalue weighted by Crippen LogP contribution is -2.48. The quantitative estimate of drug-likeness (QED) is 0.630. The molecule has 3 atom stereocenters. The normalized spacial score (nSPS) is 28.1. The van der Waals surface area contributed by atoms with Crippen molar-refractivity contribution < 1.29 is 14.9 Å². The minimum atomic E-state index is -0.873. The van der Waals surface area contributed by atoms with E-state index in [-0.39, 0.29) is 30.2 Å². The van der Waals surface area contributed by atoms with E-state index in [1.807, 2.05) is 0 Å². The van der Waals surface area contributed by atoms with Gasteiger partial charge in [0, 0.05) is 13.5 Å². The zero-order valence-electron chi connectivity index (χ0n) is 9.69. The standard InChI is InChI=1S/C9H14ClN5O3/c1-15(6-2-4(16)5(17)3-18-6)9-13-7(10)12-8(11)14-9/h4-6,16-17H,2-3H2,1H3,(H2,11,12,13,14)/t4-,5+,6+/m0/s1. The molecule has 2 rings (SSSR count). The second-order valence-electron chi connectivity index (χ2n) is 4.03. The number of ether oxygens (including phenoxy) is 1. The molecule has 1 fully saturated rings. The molecule has 1 aliphatic heterocycles. The van der Waals surface area contributed by atoms with Crippen molar-refractivity contribution in [3.63, 3.8) is 0 Å². The van der Waals surface area contributed by atoms with E-state index in [4.69, 9.17) is 22.1 Å². The molecule has 0 amide bonds. The summed E-state index contributed by atoms with van der Waals surface area (Å²) in [6.07, 6.45) is -1.94. The fraction of sp³-hybridized carbons (Fsp3) is 0.667. The molecule has 9 heteroatoms. The Kier molecular flexibility index (Phi) is 3.81. The Balaban J connectivity index is 2.13. The highest BCUT2D eigenvalue weighted by Crippen LogP contribution is 2.21. The van der Waals surface area contributed by atoms with Gasteiger partial charge in [0.2, 0.25) is 17.2 Å². The van der Waals surface area contributed by atoms with Crippen molar-refractivity contribution in [2.45, 2.75) is 24.9 Å². The topological polar surface area (TPSA) is 118 Å². The predicted molar refractivity (Wildman–Crippen MR) is 64.0 cm³/mol. The van der Waals surface area contributed by atoms with Gasteiger partial charge in [0.15, 0.2) is 0 Å². The Labute approximate surface area is 108 Å². The van der Waals surface area contributed by atoms with Crippen molar-refractivity contribution in [1.29, 1.82) is 0 Å². The van der Waals surface area contributed by atoms with Gasteiger partial charge in [-0.3, -0.25) is 0 Å². The van der Waals surface area contributed by atoms with Crippen LogP contribution in [-0.4, -0.2) is 57.3 Å². The van der Waals surface area contributed by atoms with E-state index in [0.29, 0.717) is 0 Å².